The highest BCUT2D eigenvalue weighted by Crippen LogP contribution is 2.10. The molecular weight excluding hydrogens is 266 g/mol. The molecule has 1 heterocycles. The number of carbonyl (C=O) groups excluding carboxylic acids is 1. The molecular formula is C17H25NO3. The SMILES string of the molecule is CCCCOC(=O)c1cccc(CNC2CCOCC2)c1. The summed E-state index contributed by atoms with van der Waals surface area (Å²) < 4.78 is 10.6. The van der Waals surface area contributed by atoms with Gasteiger partial charge in [0.25, 0.3) is 0 Å². The normalized spacial score (nSPS) is 15.9. The molecule has 0 saturated carbocycles. The zero-order chi connectivity index (χ0) is 14.9. The molecule has 0 spiro atoms. The summed E-state index contributed by atoms with van der Waals surface area (Å²) in [7, 11) is 0. The third kappa shape index (κ3) is 5.48. The van der Waals surface area contributed by atoms with Crippen molar-refractivity contribution in [1.29, 1.82) is 0 Å². The summed E-state index contributed by atoms with van der Waals surface area (Å²) in [5.41, 5.74) is 1.75. The number of benzene rings is 1. The van der Waals surface area contributed by atoms with Crippen LogP contribution in [0.15, 0.2) is 24.3 Å². The van der Waals surface area contributed by atoms with Gasteiger partial charge in [-0.15, -0.1) is 0 Å². The zero-order valence-electron chi connectivity index (χ0n) is 12.8. The Balaban J connectivity index is 1.83. The van der Waals surface area contributed by atoms with E-state index in [0.29, 0.717) is 18.2 Å². The van der Waals surface area contributed by atoms with Crippen molar-refractivity contribution < 1.29 is 14.3 Å². The molecule has 1 aromatic carbocycles. The highest BCUT2D eigenvalue weighted by atomic mass is 16.5. The molecule has 0 radical (unpaired) electrons. The first-order valence-corrected chi connectivity index (χ1v) is 7.87. The zero-order valence-corrected chi connectivity index (χ0v) is 12.8. The molecule has 0 amide bonds. The monoisotopic (exact) mass is 291 g/mol. The molecule has 0 aromatic heterocycles. The van der Waals surface area contributed by atoms with E-state index < -0.39 is 0 Å². The number of ether oxygens (including phenoxy) is 2. The summed E-state index contributed by atoms with van der Waals surface area (Å²) in [6.45, 7) is 5.03. The number of hydrogen-bond donors (Lipinski definition) is 1. The highest BCUT2D eigenvalue weighted by Gasteiger charge is 2.13. The Morgan fingerprint density at radius 2 is 2.19 bits per heavy atom. The predicted octanol–water partition coefficient (Wildman–Crippen LogP) is 2.91. The van der Waals surface area contributed by atoms with Crippen molar-refractivity contribution in [2.24, 2.45) is 0 Å². The molecule has 0 atom stereocenters. The fraction of sp³-hybridized carbons (Fsp3) is 0.588. The van der Waals surface area contributed by atoms with E-state index in [1.165, 1.54) is 0 Å². The van der Waals surface area contributed by atoms with E-state index in [4.69, 9.17) is 9.47 Å². The van der Waals surface area contributed by atoms with Crippen molar-refractivity contribution in [2.45, 2.75) is 45.2 Å². The minimum absolute atomic E-state index is 0.226. The molecule has 0 unspecified atom stereocenters. The van der Waals surface area contributed by atoms with Gasteiger partial charge in [0.2, 0.25) is 0 Å². The maximum absolute atomic E-state index is 11.9. The summed E-state index contributed by atoms with van der Waals surface area (Å²) in [5, 5.41) is 3.52. The topological polar surface area (TPSA) is 47.6 Å². The number of rotatable bonds is 7. The Morgan fingerprint density at radius 1 is 1.38 bits per heavy atom. The Labute approximate surface area is 126 Å². The average Bonchev–Trinajstić information content (AvgIpc) is 2.54. The van der Waals surface area contributed by atoms with Crippen LogP contribution in [0.3, 0.4) is 0 Å². The van der Waals surface area contributed by atoms with Crippen molar-refractivity contribution in [3.8, 4) is 0 Å². The Hall–Kier alpha value is -1.39. The van der Waals surface area contributed by atoms with Crippen molar-refractivity contribution >= 4 is 5.97 Å². The number of unbranched alkanes of at least 4 members (excludes halogenated alkanes) is 1. The third-order valence-electron chi connectivity index (χ3n) is 3.71. The average molecular weight is 291 g/mol. The van der Waals surface area contributed by atoms with Gasteiger partial charge >= 0.3 is 5.97 Å². The van der Waals surface area contributed by atoms with Crippen LogP contribution in [0.5, 0.6) is 0 Å². The lowest BCUT2D eigenvalue weighted by molar-refractivity contribution is 0.0499. The molecule has 4 heteroatoms. The van der Waals surface area contributed by atoms with Crippen molar-refractivity contribution in [3.63, 3.8) is 0 Å². The number of nitrogens with one attached hydrogen (secondary N) is 1. The lowest BCUT2D eigenvalue weighted by Gasteiger charge is -2.23. The first kappa shape index (κ1) is 16.0. The second kappa shape index (κ2) is 8.80. The van der Waals surface area contributed by atoms with Gasteiger partial charge in [-0.25, -0.2) is 4.79 Å². The van der Waals surface area contributed by atoms with E-state index >= 15 is 0 Å². The number of carbonyl (C=O) groups is 1. The van der Waals surface area contributed by atoms with Crippen LogP contribution in [0.4, 0.5) is 0 Å². The van der Waals surface area contributed by atoms with Crippen LogP contribution in [0, 0.1) is 0 Å². The molecule has 1 aliphatic heterocycles. The van der Waals surface area contributed by atoms with Crippen LogP contribution in [0.25, 0.3) is 0 Å². The van der Waals surface area contributed by atoms with Gasteiger partial charge in [0.05, 0.1) is 12.2 Å². The first-order chi connectivity index (χ1) is 10.3. The van der Waals surface area contributed by atoms with Crippen LogP contribution in [0.1, 0.15) is 48.5 Å². The lowest BCUT2D eigenvalue weighted by atomic mass is 10.1. The Kier molecular flexibility index (Phi) is 6.70. The van der Waals surface area contributed by atoms with Crippen molar-refractivity contribution in [1.82, 2.24) is 5.32 Å². The smallest absolute Gasteiger partial charge is 0.338 e. The number of hydrogen-bond acceptors (Lipinski definition) is 4. The molecule has 1 aliphatic rings. The van der Waals surface area contributed by atoms with Gasteiger partial charge < -0.3 is 14.8 Å². The van der Waals surface area contributed by atoms with Crippen LogP contribution >= 0.6 is 0 Å². The first-order valence-electron chi connectivity index (χ1n) is 7.87. The molecule has 2 rings (SSSR count). The molecule has 0 aliphatic carbocycles. The predicted molar refractivity (Wildman–Crippen MR) is 82.3 cm³/mol. The highest BCUT2D eigenvalue weighted by molar-refractivity contribution is 5.89. The molecule has 21 heavy (non-hydrogen) atoms. The van der Waals surface area contributed by atoms with Gasteiger partial charge in [-0.3, -0.25) is 0 Å². The van der Waals surface area contributed by atoms with E-state index in [2.05, 4.69) is 12.2 Å². The van der Waals surface area contributed by atoms with Gasteiger partial charge in [-0.1, -0.05) is 25.5 Å². The lowest BCUT2D eigenvalue weighted by Crippen LogP contribution is -2.34. The third-order valence-corrected chi connectivity index (χ3v) is 3.71. The van der Waals surface area contributed by atoms with E-state index in [-0.39, 0.29) is 5.97 Å². The van der Waals surface area contributed by atoms with Gasteiger partial charge in [-0.2, -0.15) is 0 Å². The van der Waals surface area contributed by atoms with Gasteiger partial charge in [0, 0.05) is 25.8 Å². The molecule has 1 saturated heterocycles. The maximum Gasteiger partial charge on any atom is 0.338 e. The summed E-state index contributed by atoms with van der Waals surface area (Å²) in [6.07, 6.45) is 4.05. The van der Waals surface area contributed by atoms with Gasteiger partial charge in [-0.05, 0) is 37.0 Å². The fourth-order valence-electron chi connectivity index (χ4n) is 2.36. The van der Waals surface area contributed by atoms with Crippen LogP contribution in [-0.2, 0) is 16.0 Å². The molecule has 4 nitrogen and oxygen atoms in total. The van der Waals surface area contributed by atoms with Gasteiger partial charge in [0.1, 0.15) is 0 Å². The summed E-state index contributed by atoms with van der Waals surface area (Å²) >= 11 is 0. The van der Waals surface area contributed by atoms with E-state index in [0.717, 1.165) is 51.0 Å². The minimum atomic E-state index is -0.226. The molecule has 1 N–H and O–H groups in total. The fourth-order valence-corrected chi connectivity index (χ4v) is 2.36. The quantitative estimate of drug-likeness (QED) is 0.620. The van der Waals surface area contributed by atoms with E-state index in [1.54, 1.807) is 0 Å². The van der Waals surface area contributed by atoms with Gasteiger partial charge in [0.15, 0.2) is 0 Å². The standard InChI is InChI=1S/C17H25NO3/c1-2-3-9-21-17(19)15-6-4-5-14(12-15)13-18-16-7-10-20-11-8-16/h4-6,12,16,18H,2-3,7-11,13H2,1H3. The maximum atomic E-state index is 11.9. The Bertz CT molecular complexity index is 441. The molecule has 1 aromatic rings. The van der Waals surface area contributed by atoms with Crippen LogP contribution in [-0.4, -0.2) is 31.8 Å². The van der Waals surface area contributed by atoms with Crippen molar-refractivity contribution in [2.75, 3.05) is 19.8 Å². The summed E-state index contributed by atoms with van der Waals surface area (Å²) in [6, 6.07) is 8.19. The van der Waals surface area contributed by atoms with Crippen molar-refractivity contribution in [3.05, 3.63) is 35.4 Å². The molecule has 0 bridgehead atoms. The van der Waals surface area contributed by atoms with E-state index in [9.17, 15) is 4.79 Å². The Morgan fingerprint density at radius 3 is 2.95 bits per heavy atom. The second-order valence-corrected chi connectivity index (χ2v) is 5.46. The largest absolute Gasteiger partial charge is 0.462 e. The van der Waals surface area contributed by atoms with Crippen LogP contribution in [0.2, 0.25) is 0 Å². The second-order valence-electron chi connectivity index (χ2n) is 5.46. The number of esters is 1. The molecule has 116 valence electrons. The van der Waals surface area contributed by atoms with Crippen LogP contribution < -0.4 is 5.32 Å². The molecule has 1 fully saturated rings. The minimum Gasteiger partial charge on any atom is -0.462 e. The summed E-state index contributed by atoms with van der Waals surface area (Å²) in [4.78, 5) is 11.9. The van der Waals surface area contributed by atoms with E-state index in [1.807, 2.05) is 24.3 Å². The summed E-state index contributed by atoms with van der Waals surface area (Å²) in [5.74, 6) is -0.226.